The van der Waals surface area contributed by atoms with Crippen molar-refractivity contribution >= 4 is 23.8 Å². The third-order valence-electron chi connectivity index (χ3n) is 6.01. The van der Waals surface area contributed by atoms with E-state index < -0.39 is 35.6 Å². The highest BCUT2D eigenvalue weighted by atomic mass is 16.6. The smallest absolute Gasteiger partial charge is 0.408 e. The summed E-state index contributed by atoms with van der Waals surface area (Å²) in [6, 6.07) is 2.52. The fraction of sp³-hybridized carbons (Fsp3) is 0.630. The highest BCUT2D eigenvalue weighted by Crippen LogP contribution is 2.37. The summed E-state index contributed by atoms with van der Waals surface area (Å²) in [5.41, 5.74) is 5.67. The molecule has 1 aromatic carbocycles. The van der Waals surface area contributed by atoms with E-state index in [4.69, 9.17) is 10.5 Å². The molecule has 0 saturated heterocycles. The molecule has 0 bridgehead atoms. The number of phenols is 1. The van der Waals surface area contributed by atoms with Crippen LogP contribution in [0.5, 0.6) is 5.75 Å². The summed E-state index contributed by atoms with van der Waals surface area (Å²) >= 11 is 0. The molecule has 1 aliphatic carbocycles. The third-order valence-corrected chi connectivity index (χ3v) is 6.01. The number of hydrogen-bond donors (Lipinski definition) is 4. The summed E-state index contributed by atoms with van der Waals surface area (Å²) < 4.78 is 5.33. The molecule has 2 atom stereocenters. The number of aryl methyl sites for hydroxylation is 1. The van der Waals surface area contributed by atoms with E-state index in [0.29, 0.717) is 30.5 Å². The van der Waals surface area contributed by atoms with Crippen LogP contribution in [0, 0.1) is 6.92 Å². The van der Waals surface area contributed by atoms with Gasteiger partial charge < -0.3 is 31.1 Å². The Morgan fingerprint density at radius 3 is 2.41 bits per heavy atom. The number of benzene rings is 1. The van der Waals surface area contributed by atoms with Crippen molar-refractivity contribution in [3.8, 4) is 5.75 Å². The SMILES string of the molecule is CCCCCNC(=O)C(c1ccc(O)c(C)c1)N(C(=O)C(CCC(N)=O)NC(=O)OC(C)(C)C)C1CC1. The minimum Gasteiger partial charge on any atom is -0.508 e. The predicted molar refractivity (Wildman–Crippen MR) is 140 cm³/mol. The molecule has 10 nitrogen and oxygen atoms in total. The maximum Gasteiger partial charge on any atom is 0.408 e. The number of phenolic OH excluding ortho intramolecular Hbond substituents is 1. The van der Waals surface area contributed by atoms with Gasteiger partial charge in [-0.3, -0.25) is 14.4 Å². The number of nitrogens with two attached hydrogens (primary N) is 1. The highest BCUT2D eigenvalue weighted by molar-refractivity contribution is 5.93. The Hall–Kier alpha value is -3.30. The van der Waals surface area contributed by atoms with Gasteiger partial charge in [-0.05, 0) is 76.6 Å². The number of aromatic hydroxyl groups is 1. The van der Waals surface area contributed by atoms with Gasteiger partial charge in [0, 0.05) is 19.0 Å². The Balaban J connectivity index is 2.42. The summed E-state index contributed by atoms with van der Waals surface area (Å²) in [4.78, 5) is 53.1. The molecule has 1 saturated carbocycles. The number of rotatable bonds is 13. The molecule has 0 heterocycles. The minimum atomic E-state index is -1.11. The van der Waals surface area contributed by atoms with Crippen LogP contribution in [0.2, 0.25) is 0 Å². The first kappa shape index (κ1) is 29.9. The number of alkyl carbamates (subject to hydrolysis) is 1. The number of primary amides is 1. The maximum atomic E-state index is 14.0. The largest absolute Gasteiger partial charge is 0.508 e. The van der Waals surface area contributed by atoms with E-state index in [-0.39, 0.29) is 30.5 Å². The lowest BCUT2D eigenvalue weighted by Crippen LogP contribution is -2.54. The van der Waals surface area contributed by atoms with E-state index in [1.807, 2.05) is 0 Å². The van der Waals surface area contributed by atoms with Crippen LogP contribution in [0.25, 0.3) is 0 Å². The Bertz CT molecular complexity index is 970. The van der Waals surface area contributed by atoms with E-state index in [1.165, 1.54) is 11.0 Å². The van der Waals surface area contributed by atoms with Gasteiger partial charge in [-0.1, -0.05) is 25.8 Å². The fourth-order valence-corrected chi connectivity index (χ4v) is 4.01. The van der Waals surface area contributed by atoms with Gasteiger partial charge >= 0.3 is 6.09 Å². The molecule has 1 aromatic rings. The Morgan fingerprint density at radius 1 is 1.19 bits per heavy atom. The summed E-state index contributed by atoms with van der Waals surface area (Å²) in [6.07, 6.45) is 3.22. The number of nitrogens with zero attached hydrogens (tertiary/aromatic N) is 1. The first-order valence-electron chi connectivity index (χ1n) is 13.0. The van der Waals surface area contributed by atoms with Gasteiger partial charge in [0.1, 0.15) is 23.4 Å². The van der Waals surface area contributed by atoms with Gasteiger partial charge in [0.25, 0.3) is 0 Å². The molecule has 10 heteroatoms. The van der Waals surface area contributed by atoms with Gasteiger partial charge in [-0.15, -0.1) is 0 Å². The number of nitrogens with one attached hydrogen (secondary N) is 2. The van der Waals surface area contributed by atoms with Gasteiger partial charge in [-0.2, -0.15) is 0 Å². The molecule has 2 rings (SSSR count). The molecule has 0 aromatic heterocycles. The van der Waals surface area contributed by atoms with Crippen LogP contribution in [-0.4, -0.2) is 58.1 Å². The normalized spacial score (nSPS) is 14.8. The average molecular weight is 519 g/mol. The lowest BCUT2D eigenvalue weighted by molar-refractivity contribution is -0.143. The number of unbranched alkanes of at least 4 members (excludes halogenated alkanes) is 2. The maximum absolute atomic E-state index is 14.0. The standard InChI is InChI=1S/C27H42N4O6/c1-6-7-8-15-29-24(34)23(18-9-13-21(32)17(2)16-18)31(19-10-11-19)25(35)20(12-14-22(28)33)30-26(36)37-27(3,4)5/h9,13,16,19-20,23,32H,6-8,10-12,14-15H2,1-5H3,(H2,28,33)(H,29,34)(H,30,36). The quantitative estimate of drug-likeness (QED) is 0.294. The van der Waals surface area contributed by atoms with Crippen molar-refractivity contribution in [3.05, 3.63) is 29.3 Å². The number of carbonyl (C=O) groups excluding carboxylic acids is 4. The second-order valence-electron chi connectivity index (χ2n) is 10.6. The van der Waals surface area contributed by atoms with Crippen molar-refractivity contribution in [2.24, 2.45) is 5.73 Å². The lowest BCUT2D eigenvalue weighted by Gasteiger charge is -2.35. The van der Waals surface area contributed by atoms with Crippen molar-refractivity contribution in [1.82, 2.24) is 15.5 Å². The molecule has 0 spiro atoms. The minimum absolute atomic E-state index is 0.0317. The first-order valence-corrected chi connectivity index (χ1v) is 13.0. The molecule has 1 aliphatic rings. The van der Waals surface area contributed by atoms with E-state index in [1.54, 1.807) is 39.8 Å². The van der Waals surface area contributed by atoms with Gasteiger partial charge in [0.05, 0.1) is 0 Å². The fourth-order valence-electron chi connectivity index (χ4n) is 4.01. The van der Waals surface area contributed by atoms with Crippen LogP contribution in [0.3, 0.4) is 0 Å². The first-order chi connectivity index (χ1) is 17.3. The number of amides is 4. The number of carbonyl (C=O) groups is 4. The van der Waals surface area contributed by atoms with Crippen molar-refractivity contribution in [2.75, 3.05) is 6.54 Å². The monoisotopic (exact) mass is 518 g/mol. The van der Waals surface area contributed by atoms with Crippen LogP contribution in [0.4, 0.5) is 4.79 Å². The lowest BCUT2D eigenvalue weighted by atomic mass is 9.99. The van der Waals surface area contributed by atoms with Gasteiger partial charge in [0.15, 0.2) is 0 Å². The Morgan fingerprint density at radius 2 is 1.86 bits per heavy atom. The van der Waals surface area contributed by atoms with Crippen LogP contribution in [-0.2, 0) is 19.1 Å². The third kappa shape index (κ3) is 9.59. The molecule has 2 unspecified atom stereocenters. The zero-order valence-electron chi connectivity index (χ0n) is 22.6. The molecule has 5 N–H and O–H groups in total. The molecule has 0 radical (unpaired) electrons. The highest BCUT2D eigenvalue weighted by Gasteiger charge is 2.44. The topological polar surface area (TPSA) is 151 Å². The van der Waals surface area contributed by atoms with Crippen LogP contribution < -0.4 is 16.4 Å². The second kappa shape index (κ2) is 13.3. The van der Waals surface area contributed by atoms with Gasteiger partial charge in [-0.25, -0.2) is 4.79 Å². The molecular weight excluding hydrogens is 476 g/mol. The van der Waals surface area contributed by atoms with Crippen molar-refractivity contribution < 1.29 is 29.0 Å². The Kier molecular flexibility index (Phi) is 10.8. The molecule has 4 amide bonds. The number of hydrogen-bond acceptors (Lipinski definition) is 6. The number of ether oxygens (including phenoxy) is 1. The molecule has 37 heavy (non-hydrogen) atoms. The average Bonchev–Trinajstić information content (AvgIpc) is 3.63. The van der Waals surface area contributed by atoms with E-state index >= 15 is 0 Å². The Labute approximate surface area is 219 Å². The molecule has 0 aliphatic heterocycles. The summed E-state index contributed by atoms with van der Waals surface area (Å²) in [5, 5.41) is 15.6. The van der Waals surface area contributed by atoms with Crippen molar-refractivity contribution in [1.29, 1.82) is 0 Å². The van der Waals surface area contributed by atoms with E-state index in [9.17, 15) is 24.3 Å². The van der Waals surface area contributed by atoms with Crippen LogP contribution in [0.15, 0.2) is 18.2 Å². The summed E-state index contributed by atoms with van der Waals surface area (Å²) in [7, 11) is 0. The van der Waals surface area contributed by atoms with Crippen LogP contribution >= 0.6 is 0 Å². The van der Waals surface area contributed by atoms with Gasteiger partial charge in [0.2, 0.25) is 17.7 Å². The van der Waals surface area contributed by atoms with E-state index in [0.717, 1.165) is 19.3 Å². The zero-order chi connectivity index (χ0) is 27.8. The zero-order valence-corrected chi connectivity index (χ0v) is 22.6. The summed E-state index contributed by atoms with van der Waals surface area (Å²) in [6.45, 7) is 9.37. The van der Waals surface area contributed by atoms with Crippen molar-refractivity contribution in [3.63, 3.8) is 0 Å². The molecular formula is C27H42N4O6. The van der Waals surface area contributed by atoms with Crippen LogP contribution in [0.1, 0.15) is 89.8 Å². The molecule has 1 fully saturated rings. The predicted octanol–water partition coefficient (Wildman–Crippen LogP) is 3.20. The van der Waals surface area contributed by atoms with Crippen molar-refractivity contribution in [2.45, 2.75) is 103 Å². The summed E-state index contributed by atoms with van der Waals surface area (Å²) in [5.74, 6) is -1.36. The second-order valence-corrected chi connectivity index (χ2v) is 10.6. The molecule has 206 valence electrons. The van der Waals surface area contributed by atoms with E-state index in [2.05, 4.69) is 17.6 Å².